The van der Waals surface area contributed by atoms with Gasteiger partial charge in [0.05, 0.1) is 5.03 Å². The monoisotopic (exact) mass is 210 g/mol. The van der Waals surface area contributed by atoms with Crippen molar-refractivity contribution < 1.29 is 0 Å². The van der Waals surface area contributed by atoms with Crippen molar-refractivity contribution in [3.63, 3.8) is 0 Å². The van der Waals surface area contributed by atoms with Gasteiger partial charge in [-0.1, -0.05) is 13.0 Å². The fourth-order valence-corrected chi connectivity index (χ4v) is 1.94. The first-order valence-electron chi connectivity index (χ1n) is 5.10. The van der Waals surface area contributed by atoms with E-state index in [-0.39, 0.29) is 0 Å². The highest BCUT2D eigenvalue weighted by Crippen LogP contribution is 2.14. The van der Waals surface area contributed by atoms with Crippen LogP contribution in [0.5, 0.6) is 0 Å². The van der Waals surface area contributed by atoms with Crippen LogP contribution >= 0.6 is 11.8 Å². The molecular formula is C11H18N2S. The van der Waals surface area contributed by atoms with Gasteiger partial charge >= 0.3 is 0 Å². The Morgan fingerprint density at radius 2 is 2.36 bits per heavy atom. The van der Waals surface area contributed by atoms with Crippen LogP contribution in [0.15, 0.2) is 29.4 Å². The van der Waals surface area contributed by atoms with E-state index in [1.807, 2.05) is 18.3 Å². The lowest BCUT2D eigenvalue weighted by atomic mass is 10.3. The van der Waals surface area contributed by atoms with Crippen LogP contribution in [-0.4, -0.2) is 23.3 Å². The van der Waals surface area contributed by atoms with E-state index < -0.39 is 0 Å². The topological polar surface area (TPSA) is 24.9 Å². The van der Waals surface area contributed by atoms with Crippen LogP contribution in [0.4, 0.5) is 0 Å². The van der Waals surface area contributed by atoms with Gasteiger partial charge in [0.1, 0.15) is 0 Å². The molecule has 0 spiro atoms. The van der Waals surface area contributed by atoms with Crippen LogP contribution in [0, 0.1) is 0 Å². The molecule has 0 aliphatic carbocycles. The Kier molecular flexibility index (Phi) is 5.64. The maximum absolute atomic E-state index is 4.27. The van der Waals surface area contributed by atoms with Gasteiger partial charge < -0.3 is 5.32 Å². The second kappa shape index (κ2) is 6.85. The number of pyridine rings is 1. The molecule has 3 heteroatoms. The molecule has 0 amide bonds. The highest BCUT2D eigenvalue weighted by atomic mass is 32.2. The fraction of sp³-hybridized carbons (Fsp3) is 0.545. The lowest BCUT2D eigenvalue weighted by Gasteiger charge is -2.11. The highest BCUT2D eigenvalue weighted by Gasteiger charge is 2.01. The van der Waals surface area contributed by atoms with Crippen molar-refractivity contribution in [2.45, 2.75) is 31.3 Å². The maximum Gasteiger partial charge on any atom is 0.0960 e. The van der Waals surface area contributed by atoms with Crippen LogP contribution in [0.1, 0.15) is 20.3 Å². The summed E-state index contributed by atoms with van der Waals surface area (Å²) in [7, 11) is 0. The maximum atomic E-state index is 4.27. The van der Waals surface area contributed by atoms with Crippen molar-refractivity contribution in [2.75, 3.05) is 12.3 Å². The Hall–Kier alpha value is -0.540. The summed E-state index contributed by atoms with van der Waals surface area (Å²) in [6, 6.07) is 6.58. The number of hydrogen-bond acceptors (Lipinski definition) is 3. The van der Waals surface area contributed by atoms with Gasteiger partial charge in [-0.15, -0.1) is 11.8 Å². The van der Waals surface area contributed by atoms with E-state index in [9.17, 15) is 0 Å². The number of aromatic nitrogens is 1. The van der Waals surface area contributed by atoms with Crippen molar-refractivity contribution in [1.82, 2.24) is 10.3 Å². The number of nitrogens with zero attached hydrogens (tertiary/aromatic N) is 1. The van der Waals surface area contributed by atoms with Gasteiger partial charge in [-0.25, -0.2) is 4.98 Å². The predicted octanol–water partition coefficient (Wildman–Crippen LogP) is 2.56. The van der Waals surface area contributed by atoms with E-state index in [1.54, 1.807) is 11.8 Å². The average Bonchev–Trinajstić information content (AvgIpc) is 2.25. The van der Waals surface area contributed by atoms with Crippen molar-refractivity contribution in [3.05, 3.63) is 24.4 Å². The van der Waals surface area contributed by atoms with E-state index in [2.05, 4.69) is 30.2 Å². The third-order valence-electron chi connectivity index (χ3n) is 1.86. The van der Waals surface area contributed by atoms with Crippen LogP contribution in [0.3, 0.4) is 0 Å². The van der Waals surface area contributed by atoms with Gasteiger partial charge in [-0.3, -0.25) is 0 Å². The molecule has 1 aromatic heterocycles. The lowest BCUT2D eigenvalue weighted by Crippen LogP contribution is -2.28. The molecule has 0 aliphatic heterocycles. The second-order valence-corrected chi connectivity index (χ2v) is 4.37. The number of thioether (sulfide) groups is 1. The average molecular weight is 210 g/mol. The van der Waals surface area contributed by atoms with Gasteiger partial charge in [0, 0.05) is 18.0 Å². The molecule has 0 bridgehead atoms. The summed E-state index contributed by atoms with van der Waals surface area (Å²) in [5.41, 5.74) is 0. The standard InChI is InChI=1S/C11H18N2S/c1-3-7-12-10(2)9-14-11-6-4-5-8-13-11/h4-6,8,10,12H,3,7,9H2,1-2H3. The Morgan fingerprint density at radius 3 is 3.00 bits per heavy atom. The summed E-state index contributed by atoms with van der Waals surface area (Å²) >= 11 is 1.81. The summed E-state index contributed by atoms with van der Waals surface area (Å²) in [6.07, 6.45) is 3.03. The smallest absolute Gasteiger partial charge is 0.0960 e. The van der Waals surface area contributed by atoms with Crippen molar-refractivity contribution >= 4 is 11.8 Å². The Labute approximate surface area is 90.5 Å². The Bertz CT molecular complexity index is 238. The third-order valence-corrected chi connectivity index (χ3v) is 3.07. The highest BCUT2D eigenvalue weighted by molar-refractivity contribution is 7.99. The van der Waals surface area contributed by atoms with E-state index in [0.717, 1.165) is 17.3 Å². The zero-order chi connectivity index (χ0) is 10.2. The summed E-state index contributed by atoms with van der Waals surface area (Å²) in [6.45, 7) is 5.50. The molecule has 2 nitrogen and oxygen atoms in total. The molecule has 14 heavy (non-hydrogen) atoms. The molecule has 0 aromatic carbocycles. The van der Waals surface area contributed by atoms with Gasteiger partial charge in [0.15, 0.2) is 0 Å². The fourth-order valence-electron chi connectivity index (χ4n) is 1.09. The first kappa shape index (κ1) is 11.5. The normalized spacial score (nSPS) is 12.7. The molecule has 1 aromatic rings. The minimum atomic E-state index is 0.557. The third kappa shape index (κ3) is 4.63. The van der Waals surface area contributed by atoms with Crippen LogP contribution in [0.2, 0.25) is 0 Å². The van der Waals surface area contributed by atoms with E-state index in [4.69, 9.17) is 0 Å². The molecule has 0 saturated carbocycles. The minimum absolute atomic E-state index is 0.557. The molecule has 1 unspecified atom stereocenters. The molecule has 0 radical (unpaired) electrons. The SMILES string of the molecule is CCCNC(C)CSc1ccccn1. The summed E-state index contributed by atoms with van der Waals surface area (Å²) < 4.78 is 0. The van der Waals surface area contributed by atoms with Crippen molar-refractivity contribution in [1.29, 1.82) is 0 Å². The summed E-state index contributed by atoms with van der Waals surface area (Å²) in [5, 5.41) is 4.56. The van der Waals surface area contributed by atoms with E-state index in [0.29, 0.717) is 6.04 Å². The van der Waals surface area contributed by atoms with Gasteiger partial charge in [-0.2, -0.15) is 0 Å². The zero-order valence-corrected chi connectivity index (χ0v) is 9.68. The van der Waals surface area contributed by atoms with Gasteiger partial charge in [-0.05, 0) is 32.0 Å². The Morgan fingerprint density at radius 1 is 1.50 bits per heavy atom. The van der Waals surface area contributed by atoms with Crippen LogP contribution in [0.25, 0.3) is 0 Å². The van der Waals surface area contributed by atoms with E-state index >= 15 is 0 Å². The van der Waals surface area contributed by atoms with Gasteiger partial charge in [0.2, 0.25) is 0 Å². The first-order chi connectivity index (χ1) is 6.83. The van der Waals surface area contributed by atoms with Crippen molar-refractivity contribution in [3.8, 4) is 0 Å². The van der Waals surface area contributed by atoms with E-state index in [1.165, 1.54) is 6.42 Å². The molecule has 0 fully saturated rings. The molecule has 0 aliphatic rings. The largest absolute Gasteiger partial charge is 0.313 e. The van der Waals surface area contributed by atoms with Crippen LogP contribution in [-0.2, 0) is 0 Å². The number of rotatable bonds is 6. The molecule has 1 rings (SSSR count). The molecule has 78 valence electrons. The van der Waals surface area contributed by atoms with Gasteiger partial charge in [0.25, 0.3) is 0 Å². The molecular weight excluding hydrogens is 192 g/mol. The summed E-state index contributed by atoms with van der Waals surface area (Å²) in [4.78, 5) is 4.27. The lowest BCUT2D eigenvalue weighted by molar-refractivity contribution is 0.590. The molecule has 1 heterocycles. The minimum Gasteiger partial charge on any atom is -0.313 e. The Balaban J connectivity index is 2.20. The quantitative estimate of drug-likeness (QED) is 0.730. The number of hydrogen-bond donors (Lipinski definition) is 1. The van der Waals surface area contributed by atoms with Crippen molar-refractivity contribution in [2.24, 2.45) is 0 Å². The molecule has 1 N–H and O–H groups in total. The second-order valence-electron chi connectivity index (χ2n) is 3.33. The molecule has 0 saturated heterocycles. The number of nitrogens with one attached hydrogen (secondary N) is 1. The zero-order valence-electron chi connectivity index (χ0n) is 8.86. The predicted molar refractivity (Wildman–Crippen MR) is 62.7 cm³/mol. The first-order valence-corrected chi connectivity index (χ1v) is 6.08. The van der Waals surface area contributed by atoms with Crippen LogP contribution < -0.4 is 5.32 Å². The summed E-state index contributed by atoms with van der Waals surface area (Å²) in [5.74, 6) is 1.08. The molecule has 1 atom stereocenters.